The van der Waals surface area contributed by atoms with Crippen LogP contribution >= 0.6 is 11.3 Å². The third-order valence-electron chi connectivity index (χ3n) is 2.60. The van der Waals surface area contributed by atoms with E-state index < -0.39 is 0 Å². The molecular formula is C13H23NS. The second-order valence-electron chi connectivity index (χ2n) is 4.96. The van der Waals surface area contributed by atoms with E-state index in [1.165, 1.54) is 17.7 Å². The van der Waals surface area contributed by atoms with Crippen molar-refractivity contribution in [3.8, 4) is 0 Å². The molecule has 1 aromatic heterocycles. The Morgan fingerprint density at radius 1 is 1.47 bits per heavy atom. The van der Waals surface area contributed by atoms with Gasteiger partial charge < -0.3 is 5.32 Å². The normalized spacial score (nSPS) is 14.1. The highest BCUT2D eigenvalue weighted by molar-refractivity contribution is 7.09. The molecule has 1 nitrogen and oxygen atoms in total. The summed E-state index contributed by atoms with van der Waals surface area (Å²) in [7, 11) is 0. The van der Waals surface area contributed by atoms with E-state index in [0.717, 1.165) is 6.42 Å². The first-order valence-corrected chi connectivity index (χ1v) is 6.71. The van der Waals surface area contributed by atoms with E-state index >= 15 is 0 Å². The molecule has 0 saturated carbocycles. The maximum atomic E-state index is 3.70. The molecule has 1 unspecified atom stereocenters. The summed E-state index contributed by atoms with van der Waals surface area (Å²) >= 11 is 1.85. The van der Waals surface area contributed by atoms with Gasteiger partial charge in [0.1, 0.15) is 0 Å². The van der Waals surface area contributed by atoms with Crippen LogP contribution in [0.5, 0.6) is 0 Å². The smallest absolute Gasteiger partial charge is 0.0127 e. The van der Waals surface area contributed by atoms with Gasteiger partial charge in [-0.25, -0.2) is 0 Å². The van der Waals surface area contributed by atoms with Crippen LogP contribution in [-0.2, 0) is 6.42 Å². The molecule has 1 rings (SSSR count). The van der Waals surface area contributed by atoms with Gasteiger partial charge >= 0.3 is 0 Å². The second-order valence-corrected chi connectivity index (χ2v) is 6.00. The molecule has 0 saturated heterocycles. The van der Waals surface area contributed by atoms with Gasteiger partial charge in [0.25, 0.3) is 0 Å². The minimum Gasteiger partial charge on any atom is -0.309 e. The molecule has 15 heavy (non-hydrogen) atoms. The summed E-state index contributed by atoms with van der Waals surface area (Å²) in [5.41, 5.74) is 0.269. The van der Waals surface area contributed by atoms with Gasteiger partial charge in [0.15, 0.2) is 0 Å². The van der Waals surface area contributed by atoms with Gasteiger partial charge in [-0.3, -0.25) is 0 Å². The molecule has 0 aromatic carbocycles. The van der Waals surface area contributed by atoms with Crippen LogP contribution in [0.25, 0.3) is 0 Å². The van der Waals surface area contributed by atoms with Crippen LogP contribution in [0.2, 0.25) is 0 Å². The van der Waals surface area contributed by atoms with Crippen LogP contribution in [0, 0.1) is 0 Å². The van der Waals surface area contributed by atoms with E-state index in [2.05, 4.69) is 50.5 Å². The van der Waals surface area contributed by atoms with E-state index in [1.54, 1.807) is 0 Å². The molecule has 0 spiro atoms. The van der Waals surface area contributed by atoms with E-state index in [0.29, 0.717) is 6.04 Å². The Labute approximate surface area is 97.9 Å². The van der Waals surface area contributed by atoms with E-state index in [-0.39, 0.29) is 5.54 Å². The molecule has 1 heterocycles. The van der Waals surface area contributed by atoms with Gasteiger partial charge in [0.05, 0.1) is 0 Å². The maximum absolute atomic E-state index is 3.70. The van der Waals surface area contributed by atoms with Crippen LogP contribution in [0.4, 0.5) is 0 Å². The second kappa shape index (κ2) is 5.66. The molecule has 1 aromatic rings. The Bertz CT molecular complexity index is 264. The van der Waals surface area contributed by atoms with Gasteiger partial charge in [-0.1, -0.05) is 19.4 Å². The zero-order valence-corrected chi connectivity index (χ0v) is 11.2. The lowest BCUT2D eigenvalue weighted by atomic mass is 9.97. The van der Waals surface area contributed by atoms with Crippen molar-refractivity contribution >= 4 is 11.3 Å². The summed E-state index contributed by atoms with van der Waals surface area (Å²) < 4.78 is 0. The van der Waals surface area contributed by atoms with Crippen LogP contribution in [0.15, 0.2) is 17.5 Å². The monoisotopic (exact) mass is 225 g/mol. The molecule has 0 aliphatic heterocycles. The third kappa shape index (κ3) is 4.80. The van der Waals surface area contributed by atoms with Gasteiger partial charge in [-0.05, 0) is 45.1 Å². The number of rotatable bonds is 6. The zero-order valence-electron chi connectivity index (χ0n) is 10.3. The lowest BCUT2D eigenvalue weighted by Crippen LogP contribution is -2.45. The van der Waals surface area contributed by atoms with Crippen molar-refractivity contribution in [3.63, 3.8) is 0 Å². The standard InChI is InChI=1S/C13H23NS/c1-5-8-13(3,4)14-11(2)10-12-7-6-9-15-12/h6-7,9,11,14H,5,8,10H2,1-4H3. The molecule has 0 amide bonds. The summed E-state index contributed by atoms with van der Waals surface area (Å²) in [6, 6.07) is 4.91. The molecule has 1 atom stereocenters. The van der Waals surface area contributed by atoms with Gasteiger partial charge in [0, 0.05) is 16.5 Å². The van der Waals surface area contributed by atoms with Crippen molar-refractivity contribution < 1.29 is 0 Å². The molecule has 2 heteroatoms. The predicted molar refractivity (Wildman–Crippen MR) is 69.6 cm³/mol. The first-order chi connectivity index (χ1) is 7.03. The van der Waals surface area contributed by atoms with Crippen molar-refractivity contribution in [2.24, 2.45) is 0 Å². The largest absolute Gasteiger partial charge is 0.309 e. The Morgan fingerprint density at radius 3 is 2.73 bits per heavy atom. The SMILES string of the molecule is CCCC(C)(C)NC(C)Cc1cccs1. The molecule has 1 N–H and O–H groups in total. The van der Waals surface area contributed by atoms with Crippen molar-refractivity contribution in [2.45, 2.75) is 58.5 Å². The van der Waals surface area contributed by atoms with E-state index in [1.807, 2.05) is 11.3 Å². The Balaban J connectivity index is 2.38. The lowest BCUT2D eigenvalue weighted by molar-refractivity contribution is 0.320. The fraction of sp³-hybridized carbons (Fsp3) is 0.692. The number of thiophene rings is 1. The first kappa shape index (κ1) is 12.7. The molecular weight excluding hydrogens is 202 g/mol. The van der Waals surface area contributed by atoms with Crippen molar-refractivity contribution in [1.29, 1.82) is 0 Å². The highest BCUT2D eigenvalue weighted by Gasteiger charge is 2.18. The van der Waals surface area contributed by atoms with Gasteiger partial charge in [0.2, 0.25) is 0 Å². The van der Waals surface area contributed by atoms with Crippen LogP contribution in [0.3, 0.4) is 0 Å². The fourth-order valence-electron chi connectivity index (χ4n) is 2.15. The highest BCUT2D eigenvalue weighted by Crippen LogP contribution is 2.15. The average molecular weight is 225 g/mol. The fourth-order valence-corrected chi connectivity index (χ4v) is 2.98. The summed E-state index contributed by atoms with van der Waals surface area (Å²) in [6.45, 7) is 9.10. The van der Waals surface area contributed by atoms with Crippen LogP contribution < -0.4 is 5.32 Å². The first-order valence-electron chi connectivity index (χ1n) is 5.83. The Kier molecular flexibility index (Phi) is 4.81. The van der Waals surface area contributed by atoms with Gasteiger partial charge in [-0.2, -0.15) is 0 Å². The maximum Gasteiger partial charge on any atom is 0.0127 e. The van der Waals surface area contributed by atoms with Crippen molar-refractivity contribution in [2.75, 3.05) is 0 Å². The van der Waals surface area contributed by atoms with E-state index in [4.69, 9.17) is 0 Å². The minimum absolute atomic E-state index is 0.269. The zero-order chi connectivity index (χ0) is 11.3. The highest BCUT2D eigenvalue weighted by atomic mass is 32.1. The third-order valence-corrected chi connectivity index (χ3v) is 3.50. The minimum atomic E-state index is 0.269. The Hall–Kier alpha value is -0.340. The summed E-state index contributed by atoms with van der Waals surface area (Å²) in [6.07, 6.45) is 3.62. The lowest BCUT2D eigenvalue weighted by Gasteiger charge is -2.30. The van der Waals surface area contributed by atoms with Crippen LogP contribution in [-0.4, -0.2) is 11.6 Å². The van der Waals surface area contributed by atoms with Crippen molar-refractivity contribution in [1.82, 2.24) is 5.32 Å². The van der Waals surface area contributed by atoms with Crippen LogP contribution in [0.1, 0.15) is 45.4 Å². The number of nitrogens with one attached hydrogen (secondary N) is 1. The molecule has 0 bridgehead atoms. The molecule has 0 fully saturated rings. The summed E-state index contributed by atoms with van der Waals surface area (Å²) in [5.74, 6) is 0. The van der Waals surface area contributed by atoms with E-state index in [9.17, 15) is 0 Å². The Morgan fingerprint density at radius 2 is 2.20 bits per heavy atom. The van der Waals surface area contributed by atoms with Crippen molar-refractivity contribution in [3.05, 3.63) is 22.4 Å². The summed E-state index contributed by atoms with van der Waals surface area (Å²) in [5, 5.41) is 5.85. The average Bonchev–Trinajstić information content (AvgIpc) is 2.54. The summed E-state index contributed by atoms with van der Waals surface area (Å²) in [4.78, 5) is 1.47. The predicted octanol–water partition coefficient (Wildman–Crippen LogP) is 3.85. The molecule has 0 aliphatic rings. The number of hydrogen-bond donors (Lipinski definition) is 1. The molecule has 86 valence electrons. The molecule has 0 aliphatic carbocycles. The quantitative estimate of drug-likeness (QED) is 0.775. The van der Waals surface area contributed by atoms with Gasteiger partial charge in [-0.15, -0.1) is 11.3 Å². The molecule has 0 radical (unpaired) electrons. The number of hydrogen-bond acceptors (Lipinski definition) is 2. The topological polar surface area (TPSA) is 12.0 Å².